The molecule has 30 heavy (non-hydrogen) atoms. The summed E-state index contributed by atoms with van der Waals surface area (Å²) in [4.78, 5) is 14.9. The van der Waals surface area contributed by atoms with Crippen molar-refractivity contribution in [1.29, 1.82) is 0 Å². The Kier molecular flexibility index (Phi) is 5.22. The van der Waals surface area contributed by atoms with E-state index in [1.807, 2.05) is 30.3 Å². The summed E-state index contributed by atoms with van der Waals surface area (Å²) in [6, 6.07) is 21.0. The summed E-state index contributed by atoms with van der Waals surface area (Å²) >= 11 is 0. The van der Waals surface area contributed by atoms with Crippen molar-refractivity contribution in [2.24, 2.45) is 0 Å². The fourth-order valence-electron chi connectivity index (χ4n) is 3.61. The number of para-hydroxylation sites is 1. The van der Waals surface area contributed by atoms with E-state index in [2.05, 4.69) is 33.1 Å². The first-order chi connectivity index (χ1) is 14.3. The molecule has 0 atom stereocenters. The quantitative estimate of drug-likeness (QED) is 0.643. The lowest BCUT2D eigenvalue weighted by Gasteiger charge is -2.20. The summed E-state index contributed by atoms with van der Waals surface area (Å²) in [5, 5.41) is 2.87. The molecule has 1 aliphatic rings. The van der Waals surface area contributed by atoms with E-state index in [1.165, 1.54) is 11.3 Å². The lowest BCUT2D eigenvalue weighted by molar-refractivity contribution is 0.102. The van der Waals surface area contributed by atoms with Crippen LogP contribution in [-0.4, -0.2) is 27.1 Å². The Morgan fingerprint density at radius 3 is 2.47 bits per heavy atom. The normalized spacial score (nSPS) is 13.1. The predicted octanol–water partition coefficient (Wildman–Crippen LogP) is 4.31. The zero-order valence-corrected chi connectivity index (χ0v) is 17.7. The summed E-state index contributed by atoms with van der Waals surface area (Å²) < 4.78 is 25.5. The number of aryl methyl sites for hydroxylation is 1. The minimum absolute atomic E-state index is 0.300. The molecule has 0 aliphatic carbocycles. The van der Waals surface area contributed by atoms with Gasteiger partial charge in [-0.05, 0) is 66.9 Å². The molecule has 7 heteroatoms. The van der Waals surface area contributed by atoms with Crippen LogP contribution >= 0.6 is 0 Å². The van der Waals surface area contributed by atoms with Gasteiger partial charge in [0.05, 0.1) is 11.9 Å². The molecular weight excluding hydrogens is 398 g/mol. The Balaban J connectivity index is 1.49. The average Bonchev–Trinajstić information content (AvgIpc) is 3.13. The van der Waals surface area contributed by atoms with E-state index in [1.54, 1.807) is 25.1 Å². The number of nitrogens with one attached hydrogen (secondary N) is 2. The predicted molar refractivity (Wildman–Crippen MR) is 121 cm³/mol. The van der Waals surface area contributed by atoms with Gasteiger partial charge in [0, 0.05) is 29.2 Å². The highest BCUT2D eigenvalue weighted by Crippen LogP contribution is 2.34. The van der Waals surface area contributed by atoms with Crippen molar-refractivity contribution in [3.05, 3.63) is 83.4 Å². The molecule has 0 saturated heterocycles. The van der Waals surface area contributed by atoms with Crippen LogP contribution in [0, 0.1) is 6.92 Å². The van der Waals surface area contributed by atoms with Crippen molar-refractivity contribution in [3.63, 3.8) is 0 Å². The third-order valence-corrected chi connectivity index (χ3v) is 5.71. The maximum absolute atomic E-state index is 12.6. The Morgan fingerprint density at radius 2 is 1.73 bits per heavy atom. The van der Waals surface area contributed by atoms with Gasteiger partial charge in [-0.25, -0.2) is 8.42 Å². The molecule has 0 spiro atoms. The van der Waals surface area contributed by atoms with Crippen LogP contribution in [0.25, 0.3) is 0 Å². The number of hydrogen-bond donors (Lipinski definition) is 2. The molecule has 0 radical (unpaired) electrons. The van der Waals surface area contributed by atoms with E-state index in [9.17, 15) is 13.2 Å². The van der Waals surface area contributed by atoms with Gasteiger partial charge < -0.3 is 10.2 Å². The summed E-state index contributed by atoms with van der Waals surface area (Å²) in [7, 11) is -3.42. The van der Waals surface area contributed by atoms with Crippen LogP contribution in [0.3, 0.4) is 0 Å². The largest absolute Gasteiger partial charge is 0.341 e. The molecule has 154 valence electrons. The van der Waals surface area contributed by atoms with E-state index < -0.39 is 10.0 Å². The third-order valence-electron chi connectivity index (χ3n) is 5.12. The number of rotatable bonds is 5. The maximum atomic E-state index is 12.6. The Labute approximate surface area is 176 Å². The smallest absolute Gasteiger partial charge is 0.255 e. The summed E-state index contributed by atoms with van der Waals surface area (Å²) in [5.41, 5.74) is 5.83. The Morgan fingerprint density at radius 1 is 1.00 bits per heavy atom. The van der Waals surface area contributed by atoms with Gasteiger partial charge in [-0.1, -0.05) is 24.3 Å². The topological polar surface area (TPSA) is 78.5 Å². The van der Waals surface area contributed by atoms with Crippen molar-refractivity contribution in [2.45, 2.75) is 13.3 Å². The van der Waals surface area contributed by atoms with Crippen LogP contribution in [-0.2, 0) is 16.4 Å². The van der Waals surface area contributed by atoms with Crippen molar-refractivity contribution < 1.29 is 13.2 Å². The second-order valence-corrected chi connectivity index (χ2v) is 9.18. The minimum atomic E-state index is -3.42. The van der Waals surface area contributed by atoms with Gasteiger partial charge in [-0.15, -0.1) is 0 Å². The molecule has 0 bridgehead atoms. The number of hydrogen-bond acceptors (Lipinski definition) is 4. The maximum Gasteiger partial charge on any atom is 0.255 e. The van der Waals surface area contributed by atoms with Crippen LogP contribution in [0.1, 0.15) is 21.5 Å². The Bertz CT molecular complexity index is 1200. The molecule has 6 nitrogen and oxygen atoms in total. The molecule has 3 aromatic rings. The van der Waals surface area contributed by atoms with Gasteiger partial charge in [0.25, 0.3) is 5.91 Å². The second-order valence-electron chi connectivity index (χ2n) is 7.44. The number of fused-ring (bicyclic) bond motifs is 1. The monoisotopic (exact) mass is 421 g/mol. The van der Waals surface area contributed by atoms with Gasteiger partial charge in [0.15, 0.2) is 0 Å². The number of benzene rings is 3. The van der Waals surface area contributed by atoms with Crippen LogP contribution in [0.15, 0.2) is 66.7 Å². The molecule has 1 amide bonds. The molecule has 2 N–H and O–H groups in total. The number of amides is 1. The Hall–Kier alpha value is -3.32. The second kappa shape index (κ2) is 7.84. The molecule has 0 unspecified atom stereocenters. The number of carbonyl (C=O) groups excluding carboxylic acids is 1. The van der Waals surface area contributed by atoms with E-state index in [-0.39, 0.29) is 5.91 Å². The number of carbonyl (C=O) groups is 1. The standard InChI is InChI=1S/C23H23N3O3S/c1-16-7-8-18(15-21(16)25-30(2,28)29)23(27)24-19-9-11-20(12-10-19)26-14-13-17-5-3-4-6-22(17)26/h3-12,15,25H,13-14H2,1-2H3,(H,24,27). The van der Waals surface area contributed by atoms with E-state index >= 15 is 0 Å². The lowest BCUT2D eigenvalue weighted by atomic mass is 10.1. The molecule has 0 aromatic heterocycles. The summed E-state index contributed by atoms with van der Waals surface area (Å²) in [6.07, 6.45) is 2.10. The fourth-order valence-corrected chi connectivity index (χ4v) is 4.23. The first-order valence-electron chi connectivity index (χ1n) is 9.65. The first-order valence-corrected chi connectivity index (χ1v) is 11.5. The molecular formula is C23H23N3O3S. The first kappa shape index (κ1) is 20.0. The van der Waals surface area contributed by atoms with E-state index in [4.69, 9.17) is 0 Å². The van der Waals surface area contributed by atoms with E-state index in [0.29, 0.717) is 16.9 Å². The zero-order valence-electron chi connectivity index (χ0n) is 16.8. The third kappa shape index (κ3) is 4.31. The van der Waals surface area contributed by atoms with Gasteiger partial charge in [0.1, 0.15) is 0 Å². The van der Waals surface area contributed by atoms with Gasteiger partial charge in [-0.3, -0.25) is 9.52 Å². The molecule has 1 aliphatic heterocycles. The van der Waals surface area contributed by atoms with Crippen molar-refractivity contribution in [1.82, 2.24) is 0 Å². The molecule has 0 saturated carbocycles. The van der Waals surface area contributed by atoms with Crippen molar-refractivity contribution in [2.75, 3.05) is 27.7 Å². The van der Waals surface area contributed by atoms with Crippen LogP contribution in [0.4, 0.5) is 22.7 Å². The number of nitrogens with zero attached hydrogens (tertiary/aromatic N) is 1. The highest BCUT2D eigenvalue weighted by atomic mass is 32.2. The fraction of sp³-hybridized carbons (Fsp3) is 0.174. The summed E-state index contributed by atoms with van der Waals surface area (Å²) in [5.74, 6) is -0.300. The highest BCUT2D eigenvalue weighted by Gasteiger charge is 2.19. The van der Waals surface area contributed by atoms with Crippen molar-refractivity contribution >= 4 is 38.7 Å². The molecule has 3 aromatic carbocycles. The molecule has 0 fully saturated rings. The van der Waals surface area contributed by atoms with Gasteiger partial charge in [-0.2, -0.15) is 0 Å². The number of anilines is 4. The highest BCUT2D eigenvalue weighted by molar-refractivity contribution is 7.92. The SMILES string of the molecule is Cc1ccc(C(=O)Nc2ccc(N3CCc4ccccc43)cc2)cc1NS(C)(=O)=O. The van der Waals surface area contributed by atoms with Gasteiger partial charge in [0.2, 0.25) is 10.0 Å². The average molecular weight is 422 g/mol. The minimum Gasteiger partial charge on any atom is -0.341 e. The molecule has 4 rings (SSSR count). The summed E-state index contributed by atoms with van der Waals surface area (Å²) in [6.45, 7) is 2.72. The number of sulfonamides is 1. The lowest BCUT2D eigenvalue weighted by Crippen LogP contribution is -2.15. The molecule has 1 heterocycles. The van der Waals surface area contributed by atoms with E-state index in [0.717, 1.165) is 30.5 Å². The zero-order chi connectivity index (χ0) is 21.3. The van der Waals surface area contributed by atoms with Gasteiger partial charge >= 0.3 is 0 Å². The van der Waals surface area contributed by atoms with Crippen LogP contribution < -0.4 is 14.9 Å². The van der Waals surface area contributed by atoms with Crippen LogP contribution in [0.5, 0.6) is 0 Å². The van der Waals surface area contributed by atoms with Crippen molar-refractivity contribution in [3.8, 4) is 0 Å². The van der Waals surface area contributed by atoms with Crippen LogP contribution in [0.2, 0.25) is 0 Å².